The van der Waals surface area contributed by atoms with Crippen molar-refractivity contribution in [3.63, 3.8) is 0 Å². The maximum atomic E-state index is 13.8. The minimum Gasteiger partial charge on any atom is -0.465 e. The Hall–Kier alpha value is -3.61. The Labute approximate surface area is 225 Å². The SMILES string of the molecule is N#Cc1nn(-c2c(Cl)cc(S(F)(F)(F)(F)F)cc2Cl)c(N(Cc2cccc(F)c2)C(=O)O)c1C1(C(N)=O)CC1. The number of amides is 2. The molecule has 2 aromatic carbocycles. The quantitative estimate of drug-likeness (QED) is 0.276. The lowest BCUT2D eigenvalue weighted by Gasteiger charge is -2.40. The molecule has 0 atom stereocenters. The van der Waals surface area contributed by atoms with E-state index in [9.17, 15) is 43.8 Å². The Kier molecular flexibility index (Phi) is 6.15. The summed E-state index contributed by atoms with van der Waals surface area (Å²) in [5, 5.41) is 21.8. The van der Waals surface area contributed by atoms with E-state index in [-0.39, 0.29) is 36.1 Å². The van der Waals surface area contributed by atoms with Gasteiger partial charge in [0.15, 0.2) is 5.69 Å². The van der Waals surface area contributed by atoms with Crippen molar-refractivity contribution in [2.75, 3.05) is 4.90 Å². The lowest BCUT2D eigenvalue weighted by molar-refractivity contribution is -0.120. The van der Waals surface area contributed by atoms with Gasteiger partial charge in [-0.25, -0.2) is 13.9 Å². The van der Waals surface area contributed by atoms with Crippen LogP contribution in [0.25, 0.3) is 5.69 Å². The van der Waals surface area contributed by atoms with E-state index < -0.39 is 72.1 Å². The van der Waals surface area contributed by atoms with Gasteiger partial charge in [-0.1, -0.05) is 54.8 Å². The molecule has 4 rings (SSSR count). The Morgan fingerprint density at radius 3 is 2.18 bits per heavy atom. The van der Waals surface area contributed by atoms with Gasteiger partial charge in [0.2, 0.25) is 5.91 Å². The lowest BCUT2D eigenvalue weighted by atomic mass is 9.94. The van der Waals surface area contributed by atoms with Gasteiger partial charge in [-0.15, -0.1) is 0 Å². The number of aromatic nitrogens is 2. The third-order valence-electron chi connectivity index (χ3n) is 6.03. The van der Waals surface area contributed by atoms with Gasteiger partial charge >= 0.3 is 16.3 Å². The van der Waals surface area contributed by atoms with E-state index >= 15 is 0 Å². The Morgan fingerprint density at radius 2 is 1.74 bits per heavy atom. The van der Waals surface area contributed by atoms with Crippen LogP contribution in [0.5, 0.6) is 0 Å². The van der Waals surface area contributed by atoms with Gasteiger partial charge in [0.25, 0.3) is 0 Å². The van der Waals surface area contributed by atoms with Crippen molar-refractivity contribution in [1.82, 2.24) is 9.78 Å². The summed E-state index contributed by atoms with van der Waals surface area (Å²) in [5.41, 5.74) is 2.53. The number of hydrogen-bond donors (Lipinski definition) is 2. The van der Waals surface area contributed by atoms with Gasteiger partial charge in [-0.3, -0.25) is 9.69 Å². The number of nitrogens with zero attached hydrogens (tertiary/aromatic N) is 4. The summed E-state index contributed by atoms with van der Waals surface area (Å²) in [6, 6.07) is 6.17. The van der Waals surface area contributed by atoms with E-state index in [0.717, 1.165) is 12.1 Å². The molecule has 3 aromatic rings. The molecule has 3 N–H and O–H groups in total. The maximum absolute atomic E-state index is 13.8. The van der Waals surface area contributed by atoms with E-state index in [1.165, 1.54) is 12.1 Å². The summed E-state index contributed by atoms with van der Waals surface area (Å²) in [7, 11) is -10.3. The van der Waals surface area contributed by atoms with Crippen LogP contribution < -0.4 is 10.6 Å². The summed E-state index contributed by atoms with van der Waals surface area (Å²) < 4.78 is 81.7. The van der Waals surface area contributed by atoms with Crippen molar-refractivity contribution >= 4 is 51.2 Å². The summed E-state index contributed by atoms with van der Waals surface area (Å²) in [6.07, 6.45) is -1.59. The van der Waals surface area contributed by atoms with Crippen molar-refractivity contribution in [3.05, 3.63) is 69.1 Å². The van der Waals surface area contributed by atoms with Crippen LogP contribution in [0.4, 0.5) is 34.4 Å². The van der Waals surface area contributed by atoms with Crippen molar-refractivity contribution in [3.8, 4) is 11.8 Å². The molecule has 0 aliphatic heterocycles. The van der Waals surface area contributed by atoms with E-state index in [2.05, 4.69) is 5.10 Å². The second-order valence-corrected chi connectivity index (χ2v) is 11.9. The van der Waals surface area contributed by atoms with Gasteiger partial charge in [-0.05, 0) is 42.7 Å². The van der Waals surface area contributed by atoms with Crippen LogP contribution in [0.15, 0.2) is 41.3 Å². The van der Waals surface area contributed by atoms with Crippen LogP contribution in [0.1, 0.15) is 29.7 Å². The molecule has 0 bridgehead atoms. The normalized spacial score (nSPS) is 16.1. The first-order valence-corrected chi connectivity index (χ1v) is 13.3. The average Bonchev–Trinajstić information content (AvgIpc) is 3.51. The first-order valence-electron chi connectivity index (χ1n) is 10.6. The Bertz CT molecular complexity index is 1580. The number of hydrogen-bond acceptors (Lipinski definition) is 4. The predicted molar refractivity (Wildman–Crippen MR) is 130 cm³/mol. The average molecular weight is 614 g/mol. The first-order chi connectivity index (χ1) is 17.8. The van der Waals surface area contributed by atoms with Crippen molar-refractivity contribution in [1.29, 1.82) is 5.26 Å². The zero-order chi connectivity index (χ0) is 29.2. The number of carboxylic acid groups (broad SMARTS) is 1. The van der Waals surface area contributed by atoms with Crippen LogP contribution in [0.2, 0.25) is 10.0 Å². The van der Waals surface area contributed by atoms with Crippen LogP contribution in [0.3, 0.4) is 0 Å². The number of nitrogens with two attached hydrogens (primary N) is 1. The number of rotatable bonds is 7. The molecule has 0 radical (unpaired) electrons. The number of halogens is 8. The topological polar surface area (TPSA) is 125 Å². The summed E-state index contributed by atoms with van der Waals surface area (Å²) in [4.78, 5) is 23.0. The molecular weight excluding hydrogens is 599 g/mol. The van der Waals surface area contributed by atoms with Crippen molar-refractivity contribution in [2.24, 2.45) is 5.73 Å². The standard InChI is InChI=1S/C22H15Cl2F6N5O3S/c23-14-7-13(39(26,27,28,29)30)8-15(24)18(14)35-19(17(16(9-31)33-35)22(4-5-22)20(32)36)34(21(37)38)10-11-2-1-3-12(25)6-11/h1-3,6-8H,4-5,10H2,(H2,32,36)(H,37,38). The second kappa shape index (κ2) is 8.44. The number of benzene rings is 2. The molecule has 2 amide bonds. The fraction of sp³-hybridized carbons (Fsp3) is 0.182. The molecule has 0 unspecified atom stereocenters. The molecule has 1 saturated carbocycles. The van der Waals surface area contributed by atoms with Crippen LogP contribution >= 0.6 is 33.4 Å². The highest BCUT2D eigenvalue weighted by Gasteiger charge is 2.66. The molecule has 17 heteroatoms. The molecular formula is C22H15Cl2F6N5O3S. The second-order valence-electron chi connectivity index (χ2n) is 8.72. The number of anilines is 1. The largest absolute Gasteiger partial charge is 0.465 e. The van der Waals surface area contributed by atoms with Gasteiger partial charge in [0, 0.05) is 5.56 Å². The first kappa shape index (κ1) is 28.4. The third-order valence-corrected chi connectivity index (χ3v) is 7.73. The summed E-state index contributed by atoms with van der Waals surface area (Å²) in [5.74, 6) is -2.24. The van der Waals surface area contributed by atoms with E-state index in [1.807, 2.05) is 0 Å². The maximum Gasteiger partial charge on any atom is 0.413 e. The van der Waals surface area contributed by atoms with Gasteiger partial charge in [0.05, 0.1) is 22.0 Å². The highest BCUT2D eigenvalue weighted by molar-refractivity contribution is 8.45. The smallest absolute Gasteiger partial charge is 0.413 e. The molecule has 1 aromatic heterocycles. The molecule has 1 fully saturated rings. The minimum atomic E-state index is -10.3. The van der Waals surface area contributed by atoms with Gasteiger partial charge < -0.3 is 10.8 Å². The zero-order valence-electron chi connectivity index (χ0n) is 19.1. The molecule has 1 heterocycles. The molecule has 1 aliphatic rings. The number of carbonyl (C=O) groups is 2. The van der Waals surface area contributed by atoms with Crippen LogP contribution in [-0.4, -0.2) is 26.9 Å². The fourth-order valence-electron chi connectivity index (χ4n) is 4.10. The summed E-state index contributed by atoms with van der Waals surface area (Å²) >= 11 is 12.0. The third kappa shape index (κ3) is 5.19. The zero-order valence-corrected chi connectivity index (χ0v) is 21.5. The molecule has 208 valence electrons. The van der Waals surface area contributed by atoms with Gasteiger partial charge in [-0.2, -0.15) is 10.4 Å². The summed E-state index contributed by atoms with van der Waals surface area (Å²) in [6.45, 7) is -0.607. The highest BCUT2D eigenvalue weighted by Crippen LogP contribution is 3.02. The monoisotopic (exact) mass is 613 g/mol. The van der Waals surface area contributed by atoms with E-state index in [4.69, 9.17) is 28.9 Å². The fourth-order valence-corrected chi connectivity index (χ4v) is 5.55. The van der Waals surface area contributed by atoms with Crippen LogP contribution in [0, 0.1) is 17.1 Å². The molecule has 0 spiro atoms. The van der Waals surface area contributed by atoms with Crippen LogP contribution in [-0.2, 0) is 16.8 Å². The van der Waals surface area contributed by atoms with Gasteiger partial charge in [0.1, 0.15) is 28.3 Å². The number of nitriles is 1. The molecule has 39 heavy (non-hydrogen) atoms. The Balaban J connectivity index is 2.06. The molecule has 1 aliphatic carbocycles. The molecule has 0 saturated heterocycles. The molecule has 8 nitrogen and oxygen atoms in total. The van der Waals surface area contributed by atoms with Crippen molar-refractivity contribution in [2.45, 2.75) is 29.7 Å². The number of primary amides is 1. The number of carbonyl (C=O) groups excluding carboxylic acids is 1. The minimum absolute atomic E-state index is 0.0632. The lowest BCUT2D eigenvalue weighted by Crippen LogP contribution is -2.35. The Morgan fingerprint density at radius 1 is 1.15 bits per heavy atom. The van der Waals surface area contributed by atoms with E-state index in [0.29, 0.717) is 9.58 Å². The highest BCUT2D eigenvalue weighted by atomic mass is 35.5. The van der Waals surface area contributed by atoms with E-state index in [1.54, 1.807) is 6.07 Å². The predicted octanol–water partition coefficient (Wildman–Crippen LogP) is 7.05. The van der Waals surface area contributed by atoms with Crippen molar-refractivity contribution < 1.29 is 38.5 Å².